The molecule has 0 saturated carbocycles. The molecule has 0 radical (unpaired) electrons. The molecule has 0 atom stereocenters. The normalized spacial score (nSPS) is 10.1. The van der Waals surface area contributed by atoms with Gasteiger partial charge < -0.3 is 10.6 Å². The minimum atomic E-state index is -0.0195. The molecule has 1 rings (SSSR count). The lowest BCUT2D eigenvalue weighted by Crippen LogP contribution is -2.26. The highest BCUT2D eigenvalue weighted by atomic mass is 15.2. The van der Waals surface area contributed by atoms with Crippen LogP contribution in [-0.4, -0.2) is 28.9 Å². The van der Waals surface area contributed by atoms with Crippen LogP contribution in [0.2, 0.25) is 0 Å². The molecule has 0 aliphatic rings. The molecule has 0 spiro atoms. The van der Waals surface area contributed by atoms with Crippen LogP contribution in [0.25, 0.3) is 0 Å². The van der Waals surface area contributed by atoms with Gasteiger partial charge >= 0.3 is 0 Å². The number of aromatic nitrogens is 2. The average molecular weight is 207 g/mol. The molecule has 0 saturated heterocycles. The molecule has 5 heteroatoms. The molecule has 5 nitrogen and oxygen atoms in total. The molecule has 0 aromatic carbocycles. The van der Waals surface area contributed by atoms with Gasteiger partial charge in [0.15, 0.2) is 0 Å². The summed E-state index contributed by atoms with van der Waals surface area (Å²) in [5, 5.41) is 7.35. The van der Waals surface area contributed by atoms with E-state index < -0.39 is 0 Å². The van der Waals surface area contributed by atoms with Crippen LogP contribution in [0.4, 0.5) is 5.95 Å². The quantitative estimate of drug-likeness (QED) is 0.568. The molecular weight excluding hydrogens is 190 g/mol. The largest absolute Gasteiger partial charge is 0.382 e. The van der Waals surface area contributed by atoms with Crippen LogP contribution in [0.3, 0.4) is 0 Å². The first-order valence-electron chi connectivity index (χ1n) is 5.03. The molecule has 82 valence electrons. The standard InChI is InChI=1S/C10H17N5/c1-4-15(5-2)10-13-7(3)6-8(14-10)9(11)12/h6H,4-5H2,1-3H3,(H3,11,12). The van der Waals surface area contributed by atoms with Crippen LogP contribution in [-0.2, 0) is 0 Å². The lowest BCUT2D eigenvalue weighted by atomic mass is 10.3. The molecule has 1 aromatic rings. The first-order valence-corrected chi connectivity index (χ1v) is 5.03. The Bertz CT molecular complexity index is 357. The molecule has 0 unspecified atom stereocenters. The summed E-state index contributed by atoms with van der Waals surface area (Å²) in [6, 6.07) is 1.72. The van der Waals surface area contributed by atoms with Gasteiger partial charge in [-0.05, 0) is 26.8 Å². The van der Waals surface area contributed by atoms with Gasteiger partial charge in [0.25, 0.3) is 0 Å². The van der Waals surface area contributed by atoms with Crippen molar-refractivity contribution >= 4 is 11.8 Å². The lowest BCUT2D eigenvalue weighted by molar-refractivity contribution is 0.814. The Morgan fingerprint density at radius 3 is 2.47 bits per heavy atom. The molecule has 0 bridgehead atoms. The van der Waals surface area contributed by atoms with Crippen LogP contribution in [0.5, 0.6) is 0 Å². The monoisotopic (exact) mass is 207 g/mol. The number of rotatable bonds is 4. The Morgan fingerprint density at radius 1 is 1.40 bits per heavy atom. The third kappa shape index (κ3) is 2.65. The first kappa shape index (κ1) is 11.4. The fourth-order valence-corrected chi connectivity index (χ4v) is 1.34. The Morgan fingerprint density at radius 2 is 2.00 bits per heavy atom. The summed E-state index contributed by atoms with van der Waals surface area (Å²) >= 11 is 0. The number of amidine groups is 1. The highest BCUT2D eigenvalue weighted by molar-refractivity contribution is 5.93. The van der Waals surface area contributed by atoms with Gasteiger partial charge in [0.2, 0.25) is 5.95 Å². The number of nitrogens with two attached hydrogens (primary N) is 1. The van der Waals surface area contributed by atoms with Crippen LogP contribution < -0.4 is 10.6 Å². The zero-order chi connectivity index (χ0) is 11.4. The third-order valence-electron chi connectivity index (χ3n) is 2.16. The van der Waals surface area contributed by atoms with E-state index in [4.69, 9.17) is 11.1 Å². The summed E-state index contributed by atoms with van der Waals surface area (Å²) in [5.41, 5.74) is 6.73. The molecule has 0 fully saturated rings. The van der Waals surface area contributed by atoms with E-state index in [0.29, 0.717) is 11.6 Å². The molecule has 1 aromatic heterocycles. The Kier molecular flexibility index (Phi) is 3.60. The Hall–Kier alpha value is -1.65. The molecule has 3 N–H and O–H groups in total. The van der Waals surface area contributed by atoms with Gasteiger partial charge in [-0.3, -0.25) is 5.41 Å². The van der Waals surface area contributed by atoms with Gasteiger partial charge in [-0.15, -0.1) is 0 Å². The van der Waals surface area contributed by atoms with E-state index in [2.05, 4.69) is 9.97 Å². The zero-order valence-electron chi connectivity index (χ0n) is 9.41. The number of anilines is 1. The summed E-state index contributed by atoms with van der Waals surface area (Å²) in [6.45, 7) is 7.65. The SMILES string of the molecule is CCN(CC)c1nc(C)cc(C(=N)N)n1. The van der Waals surface area contributed by atoms with E-state index >= 15 is 0 Å². The highest BCUT2D eigenvalue weighted by Crippen LogP contribution is 2.09. The highest BCUT2D eigenvalue weighted by Gasteiger charge is 2.08. The number of aryl methyl sites for hydroxylation is 1. The second-order valence-corrected chi connectivity index (χ2v) is 3.28. The number of hydrogen-bond acceptors (Lipinski definition) is 4. The lowest BCUT2D eigenvalue weighted by Gasteiger charge is -2.19. The molecule has 0 aliphatic heterocycles. The zero-order valence-corrected chi connectivity index (χ0v) is 9.41. The number of nitrogens with zero attached hydrogens (tertiary/aromatic N) is 3. The van der Waals surface area contributed by atoms with E-state index in [1.54, 1.807) is 6.07 Å². The smallest absolute Gasteiger partial charge is 0.226 e. The van der Waals surface area contributed by atoms with Crippen LogP contribution in [0.1, 0.15) is 25.2 Å². The van der Waals surface area contributed by atoms with Crippen molar-refractivity contribution in [1.29, 1.82) is 5.41 Å². The van der Waals surface area contributed by atoms with Gasteiger partial charge in [-0.25, -0.2) is 9.97 Å². The number of nitrogens with one attached hydrogen (secondary N) is 1. The number of nitrogen functional groups attached to an aromatic ring is 1. The van der Waals surface area contributed by atoms with E-state index in [9.17, 15) is 0 Å². The first-order chi connectivity index (χ1) is 7.08. The van der Waals surface area contributed by atoms with Crippen molar-refractivity contribution in [3.8, 4) is 0 Å². The maximum absolute atomic E-state index is 7.35. The molecule has 1 heterocycles. The summed E-state index contributed by atoms with van der Waals surface area (Å²) in [6.07, 6.45) is 0. The summed E-state index contributed by atoms with van der Waals surface area (Å²) in [4.78, 5) is 10.6. The fourth-order valence-electron chi connectivity index (χ4n) is 1.34. The topological polar surface area (TPSA) is 78.9 Å². The van der Waals surface area contributed by atoms with Crippen molar-refractivity contribution < 1.29 is 0 Å². The van der Waals surface area contributed by atoms with Crippen LogP contribution >= 0.6 is 0 Å². The second-order valence-electron chi connectivity index (χ2n) is 3.28. The van der Waals surface area contributed by atoms with Gasteiger partial charge in [0.1, 0.15) is 11.5 Å². The minimum absolute atomic E-state index is 0.0195. The van der Waals surface area contributed by atoms with Crippen LogP contribution in [0, 0.1) is 12.3 Å². The van der Waals surface area contributed by atoms with Crippen molar-refractivity contribution in [3.63, 3.8) is 0 Å². The maximum Gasteiger partial charge on any atom is 0.226 e. The van der Waals surface area contributed by atoms with Crippen molar-refractivity contribution in [2.45, 2.75) is 20.8 Å². The molecule has 0 amide bonds. The van der Waals surface area contributed by atoms with Gasteiger partial charge in [-0.1, -0.05) is 0 Å². The van der Waals surface area contributed by atoms with Gasteiger partial charge in [0, 0.05) is 18.8 Å². The van der Waals surface area contributed by atoms with E-state index in [1.165, 1.54) is 0 Å². The third-order valence-corrected chi connectivity index (χ3v) is 2.16. The van der Waals surface area contributed by atoms with Crippen LogP contribution in [0.15, 0.2) is 6.07 Å². The summed E-state index contributed by atoms with van der Waals surface area (Å²) < 4.78 is 0. The fraction of sp³-hybridized carbons (Fsp3) is 0.500. The predicted octanol–water partition coefficient (Wildman–Crippen LogP) is 0.915. The van der Waals surface area contributed by atoms with Crippen molar-refractivity contribution in [2.75, 3.05) is 18.0 Å². The second kappa shape index (κ2) is 4.72. The van der Waals surface area contributed by atoms with Gasteiger partial charge in [-0.2, -0.15) is 0 Å². The molecule has 0 aliphatic carbocycles. The molecular formula is C10H17N5. The van der Waals surface area contributed by atoms with E-state index in [1.807, 2.05) is 25.7 Å². The predicted molar refractivity (Wildman–Crippen MR) is 61.3 cm³/mol. The van der Waals surface area contributed by atoms with Crippen molar-refractivity contribution in [1.82, 2.24) is 9.97 Å². The van der Waals surface area contributed by atoms with Gasteiger partial charge in [0.05, 0.1) is 0 Å². The Labute approximate surface area is 89.8 Å². The van der Waals surface area contributed by atoms with Crippen molar-refractivity contribution in [3.05, 3.63) is 17.5 Å². The average Bonchev–Trinajstić information content (AvgIpc) is 2.18. The van der Waals surface area contributed by atoms with E-state index in [-0.39, 0.29) is 5.84 Å². The maximum atomic E-state index is 7.35. The Balaban J connectivity index is 3.13. The summed E-state index contributed by atoms with van der Waals surface area (Å²) in [7, 11) is 0. The van der Waals surface area contributed by atoms with E-state index in [0.717, 1.165) is 18.8 Å². The minimum Gasteiger partial charge on any atom is -0.382 e. The number of hydrogen-bond donors (Lipinski definition) is 2. The molecule has 15 heavy (non-hydrogen) atoms. The van der Waals surface area contributed by atoms with Crippen molar-refractivity contribution in [2.24, 2.45) is 5.73 Å². The summed E-state index contributed by atoms with van der Waals surface area (Å²) in [5.74, 6) is 0.624.